The quantitative estimate of drug-likeness (QED) is 0.887. The lowest BCUT2D eigenvalue weighted by molar-refractivity contribution is 0.0931. The van der Waals surface area contributed by atoms with Crippen LogP contribution in [-0.2, 0) is 13.0 Å². The van der Waals surface area contributed by atoms with E-state index in [1.807, 2.05) is 32.0 Å². The highest BCUT2D eigenvalue weighted by Gasteiger charge is 2.12. The molecule has 1 unspecified atom stereocenters. The van der Waals surface area contributed by atoms with Crippen molar-refractivity contribution in [3.05, 3.63) is 64.1 Å². The Hall–Kier alpha value is -2.43. The van der Waals surface area contributed by atoms with E-state index in [4.69, 9.17) is 0 Å². The molecule has 0 saturated carbocycles. The van der Waals surface area contributed by atoms with Crippen LogP contribution in [0.4, 0.5) is 0 Å². The lowest BCUT2D eigenvalue weighted by atomic mass is 10.1. The Bertz CT molecular complexity index is 680. The molecule has 1 aromatic carbocycles. The Morgan fingerprint density at radius 1 is 1.23 bits per heavy atom. The maximum atomic E-state index is 12.2. The van der Waals surface area contributed by atoms with Crippen molar-refractivity contribution in [2.45, 2.75) is 39.3 Å². The maximum absolute atomic E-state index is 12.2. The maximum Gasteiger partial charge on any atom is 0.271 e. The van der Waals surface area contributed by atoms with Crippen molar-refractivity contribution >= 4 is 5.91 Å². The summed E-state index contributed by atoms with van der Waals surface area (Å²) in [4.78, 5) is 23.6. The average molecular weight is 299 g/mol. The topological polar surface area (TPSA) is 64.0 Å². The van der Waals surface area contributed by atoms with Gasteiger partial charge in [-0.15, -0.1) is 0 Å². The first-order chi connectivity index (χ1) is 10.6. The van der Waals surface area contributed by atoms with Gasteiger partial charge < -0.3 is 5.32 Å². The van der Waals surface area contributed by atoms with Crippen LogP contribution in [0.15, 0.2) is 47.3 Å². The number of carbonyl (C=O) groups excluding carboxylic acids is 1. The molecule has 1 amide bonds. The largest absolute Gasteiger partial charge is 0.348 e. The molecule has 22 heavy (non-hydrogen) atoms. The second kappa shape index (κ2) is 7.54. The van der Waals surface area contributed by atoms with E-state index in [9.17, 15) is 9.59 Å². The second-order valence-corrected chi connectivity index (χ2v) is 5.27. The Morgan fingerprint density at radius 3 is 2.64 bits per heavy atom. The molecular formula is C17H21N3O2. The van der Waals surface area contributed by atoms with Crippen molar-refractivity contribution in [1.29, 1.82) is 0 Å². The molecule has 5 heteroatoms. The van der Waals surface area contributed by atoms with E-state index in [-0.39, 0.29) is 23.2 Å². The van der Waals surface area contributed by atoms with Crippen molar-refractivity contribution < 1.29 is 4.79 Å². The predicted octanol–water partition coefficient (Wildman–Crippen LogP) is 2.01. The van der Waals surface area contributed by atoms with E-state index in [0.29, 0.717) is 6.54 Å². The number of aromatic nitrogens is 2. The minimum atomic E-state index is -0.247. The van der Waals surface area contributed by atoms with Crippen molar-refractivity contribution in [2.75, 3.05) is 0 Å². The molecule has 0 aliphatic carbocycles. The number of benzene rings is 1. The summed E-state index contributed by atoms with van der Waals surface area (Å²) in [5.41, 5.74) is 1.32. The molecule has 1 aromatic heterocycles. The minimum absolute atomic E-state index is 0.0384. The first kappa shape index (κ1) is 15.9. The summed E-state index contributed by atoms with van der Waals surface area (Å²) in [6.07, 6.45) is 1.76. The Labute approximate surface area is 130 Å². The first-order valence-corrected chi connectivity index (χ1v) is 7.53. The summed E-state index contributed by atoms with van der Waals surface area (Å²) in [5.74, 6) is -0.247. The first-order valence-electron chi connectivity index (χ1n) is 7.53. The zero-order chi connectivity index (χ0) is 15.9. The van der Waals surface area contributed by atoms with Gasteiger partial charge in [-0.05, 0) is 38.3 Å². The van der Waals surface area contributed by atoms with Gasteiger partial charge in [0.05, 0.1) is 0 Å². The van der Waals surface area contributed by atoms with Crippen molar-refractivity contribution in [1.82, 2.24) is 15.1 Å². The van der Waals surface area contributed by atoms with Gasteiger partial charge >= 0.3 is 0 Å². The lowest BCUT2D eigenvalue weighted by Crippen LogP contribution is -2.35. The van der Waals surface area contributed by atoms with Gasteiger partial charge in [0.15, 0.2) is 0 Å². The molecular weight excluding hydrogens is 278 g/mol. The predicted molar refractivity (Wildman–Crippen MR) is 85.9 cm³/mol. The van der Waals surface area contributed by atoms with Crippen LogP contribution < -0.4 is 10.9 Å². The monoisotopic (exact) mass is 299 g/mol. The Kier molecular flexibility index (Phi) is 5.47. The van der Waals surface area contributed by atoms with Gasteiger partial charge in [0.25, 0.3) is 11.5 Å². The van der Waals surface area contributed by atoms with Gasteiger partial charge in [0.1, 0.15) is 5.69 Å². The molecule has 2 aromatic rings. The SMILES string of the molecule is CCn1nc(C(=O)NC(C)CCc2ccccc2)ccc1=O. The van der Waals surface area contributed by atoms with Crippen LogP contribution in [0.5, 0.6) is 0 Å². The zero-order valence-corrected chi connectivity index (χ0v) is 13.0. The van der Waals surface area contributed by atoms with E-state index < -0.39 is 0 Å². The fraction of sp³-hybridized carbons (Fsp3) is 0.353. The molecule has 1 N–H and O–H groups in total. The minimum Gasteiger partial charge on any atom is -0.348 e. The molecule has 1 heterocycles. The number of rotatable bonds is 6. The normalized spacial score (nSPS) is 11.9. The van der Waals surface area contributed by atoms with Crippen LogP contribution in [0.25, 0.3) is 0 Å². The summed E-state index contributed by atoms with van der Waals surface area (Å²) in [7, 11) is 0. The summed E-state index contributed by atoms with van der Waals surface area (Å²) in [6.45, 7) is 4.23. The molecule has 2 rings (SSSR count). The van der Waals surface area contributed by atoms with Gasteiger partial charge in [0, 0.05) is 18.7 Å². The molecule has 0 aliphatic rings. The summed E-state index contributed by atoms with van der Waals surface area (Å²) < 4.78 is 1.28. The van der Waals surface area contributed by atoms with Gasteiger partial charge in [-0.25, -0.2) is 4.68 Å². The smallest absolute Gasteiger partial charge is 0.271 e. The number of carbonyl (C=O) groups is 1. The highest BCUT2D eigenvalue weighted by atomic mass is 16.2. The molecule has 5 nitrogen and oxygen atoms in total. The van der Waals surface area contributed by atoms with Crippen LogP contribution in [0, 0.1) is 0 Å². The van der Waals surface area contributed by atoms with Crippen LogP contribution in [0.2, 0.25) is 0 Å². The number of amides is 1. The van der Waals surface area contributed by atoms with Crippen LogP contribution in [0.3, 0.4) is 0 Å². The molecule has 0 aliphatic heterocycles. The third kappa shape index (κ3) is 4.28. The number of aryl methyl sites for hydroxylation is 2. The number of nitrogens with one attached hydrogen (secondary N) is 1. The lowest BCUT2D eigenvalue weighted by Gasteiger charge is -2.14. The summed E-state index contributed by atoms with van der Waals surface area (Å²) in [5, 5.41) is 6.97. The zero-order valence-electron chi connectivity index (χ0n) is 13.0. The van der Waals surface area contributed by atoms with E-state index in [0.717, 1.165) is 12.8 Å². The van der Waals surface area contributed by atoms with Gasteiger partial charge in [0.2, 0.25) is 0 Å². The molecule has 1 atom stereocenters. The fourth-order valence-electron chi connectivity index (χ4n) is 2.19. The standard InChI is InChI=1S/C17H21N3O2/c1-3-20-16(21)12-11-15(19-20)17(22)18-13(2)9-10-14-7-5-4-6-8-14/h4-8,11-13H,3,9-10H2,1-2H3,(H,18,22). The molecule has 0 spiro atoms. The van der Waals surface area contributed by atoms with Gasteiger partial charge in [-0.1, -0.05) is 30.3 Å². The van der Waals surface area contributed by atoms with Gasteiger partial charge in [-0.3, -0.25) is 9.59 Å². The van der Waals surface area contributed by atoms with Crippen molar-refractivity contribution in [3.8, 4) is 0 Å². The van der Waals surface area contributed by atoms with E-state index in [1.165, 1.54) is 22.4 Å². The van der Waals surface area contributed by atoms with Crippen LogP contribution in [-0.4, -0.2) is 21.7 Å². The highest BCUT2D eigenvalue weighted by Crippen LogP contribution is 2.05. The Balaban J connectivity index is 1.92. The third-order valence-electron chi connectivity index (χ3n) is 3.49. The average Bonchev–Trinajstić information content (AvgIpc) is 2.54. The van der Waals surface area contributed by atoms with E-state index in [1.54, 1.807) is 0 Å². The summed E-state index contributed by atoms with van der Waals surface area (Å²) in [6, 6.07) is 13.0. The molecule has 0 radical (unpaired) electrons. The van der Waals surface area contributed by atoms with Crippen molar-refractivity contribution in [3.63, 3.8) is 0 Å². The van der Waals surface area contributed by atoms with Crippen LogP contribution >= 0.6 is 0 Å². The number of hydrogen-bond donors (Lipinski definition) is 1. The number of hydrogen-bond acceptors (Lipinski definition) is 3. The molecule has 0 bridgehead atoms. The van der Waals surface area contributed by atoms with Gasteiger partial charge in [-0.2, -0.15) is 5.10 Å². The van der Waals surface area contributed by atoms with Crippen molar-refractivity contribution in [2.24, 2.45) is 0 Å². The van der Waals surface area contributed by atoms with E-state index in [2.05, 4.69) is 22.5 Å². The molecule has 116 valence electrons. The molecule has 0 saturated heterocycles. The highest BCUT2D eigenvalue weighted by molar-refractivity contribution is 5.92. The second-order valence-electron chi connectivity index (χ2n) is 5.27. The Morgan fingerprint density at radius 2 is 1.95 bits per heavy atom. The fourth-order valence-corrected chi connectivity index (χ4v) is 2.19. The number of nitrogens with zero attached hydrogens (tertiary/aromatic N) is 2. The van der Waals surface area contributed by atoms with E-state index >= 15 is 0 Å². The molecule has 0 fully saturated rings. The third-order valence-corrected chi connectivity index (χ3v) is 3.49. The van der Waals surface area contributed by atoms with Crippen LogP contribution in [0.1, 0.15) is 36.3 Å². The summed E-state index contributed by atoms with van der Waals surface area (Å²) >= 11 is 0.